The second-order valence-electron chi connectivity index (χ2n) is 4.52. The summed E-state index contributed by atoms with van der Waals surface area (Å²) in [6.07, 6.45) is 0. The number of nitrogens with zero attached hydrogens (tertiary/aromatic N) is 1. The van der Waals surface area contributed by atoms with Crippen molar-refractivity contribution in [3.63, 3.8) is 0 Å². The van der Waals surface area contributed by atoms with E-state index >= 15 is 0 Å². The lowest BCUT2D eigenvalue weighted by atomic mass is 10.1. The van der Waals surface area contributed by atoms with Gasteiger partial charge in [-0.05, 0) is 18.2 Å². The number of hydrogen-bond donors (Lipinski definition) is 1. The molecular weight excluding hydrogens is 314 g/mol. The van der Waals surface area contributed by atoms with E-state index in [1.165, 1.54) is 7.11 Å². The van der Waals surface area contributed by atoms with Gasteiger partial charge in [0.25, 0.3) is 5.56 Å². The molecule has 1 aromatic heterocycles. The van der Waals surface area contributed by atoms with Gasteiger partial charge in [-0.3, -0.25) is 4.79 Å². The molecule has 0 radical (unpaired) electrons. The van der Waals surface area contributed by atoms with Crippen LogP contribution in [0, 0.1) is 11.6 Å². The summed E-state index contributed by atoms with van der Waals surface area (Å²) in [5.41, 5.74) is -0.126. The minimum atomic E-state index is -1.10. The van der Waals surface area contributed by atoms with E-state index in [-0.39, 0.29) is 21.7 Å². The minimum Gasteiger partial charge on any atom is -0.495 e. The number of halogens is 3. The van der Waals surface area contributed by atoms with Crippen molar-refractivity contribution >= 4 is 22.5 Å². The molecule has 0 bridgehead atoms. The highest BCUT2D eigenvalue weighted by Gasteiger charge is 2.14. The molecule has 0 aliphatic heterocycles. The molecule has 3 aromatic rings. The fourth-order valence-electron chi connectivity index (χ4n) is 2.11. The number of nitrogens with one attached hydrogen (secondary N) is 1. The third kappa shape index (κ3) is 2.31. The van der Waals surface area contributed by atoms with Crippen molar-refractivity contribution in [1.82, 2.24) is 9.97 Å². The van der Waals surface area contributed by atoms with Crippen LogP contribution >= 0.6 is 11.6 Å². The maximum atomic E-state index is 13.3. The summed E-state index contributed by atoms with van der Waals surface area (Å²) < 4.78 is 31.7. The SMILES string of the molecule is COc1cccc(-c2nc3cc(F)c(F)cc3c(=O)[nH]2)c1Cl. The van der Waals surface area contributed by atoms with E-state index in [0.717, 1.165) is 12.1 Å². The molecule has 7 heteroatoms. The predicted molar refractivity (Wildman–Crippen MR) is 79.3 cm³/mol. The van der Waals surface area contributed by atoms with Crippen LogP contribution in [0.3, 0.4) is 0 Å². The fraction of sp³-hybridized carbons (Fsp3) is 0.0667. The number of benzene rings is 2. The third-order valence-corrected chi connectivity index (χ3v) is 3.58. The Hall–Kier alpha value is -2.47. The molecule has 0 aliphatic rings. The van der Waals surface area contributed by atoms with Gasteiger partial charge in [0.2, 0.25) is 0 Å². The van der Waals surface area contributed by atoms with Crippen LogP contribution in [-0.2, 0) is 0 Å². The maximum Gasteiger partial charge on any atom is 0.259 e. The largest absolute Gasteiger partial charge is 0.495 e. The van der Waals surface area contributed by atoms with E-state index in [1.807, 2.05) is 0 Å². The zero-order valence-electron chi connectivity index (χ0n) is 11.3. The fourth-order valence-corrected chi connectivity index (χ4v) is 2.41. The first-order valence-corrected chi connectivity index (χ1v) is 6.61. The Kier molecular flexibility index (Phi) is 3.54. The number of hydrogen-bond acceptors (Lipinski definition) is 3. The van der Waals surface area contributed by atoms with Gasteiger partial charge < -0.3 is 9.72 Å². The topological polar surface area (TPSA) is 55.0 Å². The minimum absolute atomic E-state index is 0.0385. The van der Waals surface area contributed by atoms with Gasteiger partial charge in [-0.2, -0.15) is 0 Å². The molecule has 112 valence electrons. The van der Waals surface area contributed by atoms with E-state index in [2.05, 4.69) is 9.97 Å². The second-order valence-corrected chi connectivity index (χ2v) is 4.90. The lowest BCUT2D eigenvalue weighted by Gasteiger charge is -2.08. The predicted octanol–water partition coefficient (Wildman–Crippen LogP) is 3.53. The molecule has 0 saturated heterocycles. The Morgan fingerprint density at radius 2 is 1.95 bits per heavy atom. The molecular formula is C15H9ClF2N2O2. The van der Waals surface area contributed by atoms with Gasteiger partial charge >= 0.3 is 0 Å². The quantitative estimate of drug-likeness (QED) is 0.785. The summed E-state index contributed by atoms with van der Waals surface area (Å²) in [5, 5.41) is 0.219. The van der Waals surface area contributed by atoms with E-state index in [0.29, 0.717) is 11.3 Å². The number of aromatic amines is 1. The lowest BCUT2D eigenvalue weighted by Crippen LogP contribution is -2.10. The monoisotopic (exact) mass is 322 g/mol. The average Bonchev–Trinajstić information content (AvgIpc) is 2.49. The van der Waals surface area contributed by atoms with Gasteiger partial charge in [0.05, 0.1) is 23.0 Å². The van der Waals surface area contributed by atoms with Crippen LogP contribution in [0.5, 0.6) is 5.75 Å². The summed E-state index contributed by atoms with van der Waals surface area (Å²) in [7, 11) is 1.46. The van der Waals surface area contributed by atoms with Gasteiger partial charge in [-0.15, -0.1) is 0 Å². The van der Waals surface area contributed by atoms with E-state index in [1.54, 1.807) is 18.2 Å². The summed E-state index contributed by atoms with van der Waals surface area (Å²) >= 11 is 6.18. The summed E-state index contributed by atoms with van der Waals surface area (Å²) in [5.74, 6) is -1.63. The smallest absolute Gasteiger partial charge is 0.259 e. The Morgan fingerprint density at radius 1 is 1.23 bits per heavy atom. The van der Waals surface area contributed by atoms with Gasteiger partial charge in [0.15, 0.2) is 11.6 Å². The summed E-state index contributed by atoms with van der Waals surface area (Å²) in [6.45, 7) is 0. The zero-order valence-corrected chi connectivity index (χ0v) is 12.0. The first-order valence-electron chi connectivity index (χ1n) is 6.23. The van der Waals surface area contributed by atoms with Crippen LogP contribution in [0.2, 0.25) is 5.02 Å². The van der Waals surface area contributed by atoms with E-state index in [9.17, 15) is 13.6 Å². The van der Waals surface area contributed by atoms with Gasteiger partial charge in [-0.1, -0.05) is 17.7 Å². The molecule has 0 spiro atoms. The second kappa shape index (κ2) is 5.38. The first kappa shape index (κ1) is 14.5. The Bertz CT molecular complexity index is 941. The van der Waals surface area contributed by atoms with Gasteiger partial charge in [-0.25, -0.2) is 13.8 Å². The number of aromatic nitrogens is 2. The number of ether oxygens (including phenoxy) is 1. The molecule has 1 N–H and O–H groups in total. The molecule has 2 aromatic carbocycles. The molecule has 0 fully saturated rings. The van der Waals surface area contributed by atoms with Gasteiger partial charge in [0, 0.05) is 11.6 Å². The van der Waals surface area contributed by atoms with Crippen LogP contribution in [0.4, 0.5) is 8.78 Å². The Morgan fingerprint density at radius 3 is 2.68 bits per heavy atom. The van der Waals surface area contributed by atoms with Crippen molar-refractivity contribution in [3.05, 3.63) is 57.3 Å². The van der Waals surface area contributed by atoms with E-state index in [4.69, 9.17) is 16.3 Å². The highest BCUT2D eigenvalue weighted by atomic mass is 35.5. The molecule has 3 rings (SSSR count). The molecule has 0 saturated carbocycles. The van der Waals surface area contributed by atoms with Crippen molar-refractivity contribution in [2.24, 2.45) is 0 Å². The van der Waals surface area contributed by atoms with Crippen LogP contribution in [0.25, 0.3) is 22.3 Å². The first-order chi connectivity index (χ1) is 10.5. The van der Waals surface area contributed by atoms with Crippen molar-refractivity contribution in [1.29, 1.82) is 0 Å². The average molecular weight is 323 g/mol. The highest BCUT2D eigenvalue weighted by Crippen LogP contribution is 2.33. The number of H-pyrrole nitrogens is 1. The van der Waals surface area contributed by atoms with E-state index < -0.39 is 17.2 Å². The molecule has 0 atom stereocenters. The van der Waals surface area contributed by atoms with Crippen LogP contribution in [0.15, 0.2) is 35.1 Å². The van der Waals surface area contributed by atoms with Crippen LogP contribution in [0.1, 0.15) is 0 Å². The number of fused-ring (bicyclic) bond motifs is 1. The van der Waals surface area contributed by atoms with Gasteiger partial charge in [0.1, 0.15) is 11.6 Å². The Labute approximate surface area is 128 Å². The van der Waals surface area contributed by atoms with Crippen molar-refractivity contribution in [3.8, 4) is 17.1 Å². The van der Waals surface area contributed by atoms with Crippen molar-refractivity contribution in [2.75, 3.05) is 7.11 Å². The zero-order chi connectivity index (χ0) is 15.9. The lowest BCUT2D eigenvalue weighted by molar-refractivity contribution is 0.415. The standard InChI is InChI=1S/C15H9ClF2N2O2/c1-22-12-4-2-3-7(13(12)16)14-19-11-6-10(18)9(17)5-8(11)15(21)20-14/h2-6H,1H3,(H,19,20,21). The molecule has 0 aliphatic carbocycles. The molecule has 1 heterocycles. The van der Waals surface area contributed by atoms with Crippen LogP contribution < -0.4 is 10.3 Å². The maximum absolute atomic E-state index is 13.3. The molecule has 0 unspecified atom stereocenters. The summed E-state index contributed by atoms with van der Waals surface area (Å²) in [4.78, 5) is 18.7. The normalized spacial score (nSPS) is 10.9. The number of rotatable bonds is 2. The number of methoxy groups -OCH3 is 1. The third-order valence-electron chi connectivity index (χ3n) is 3.19. The van der Waals surface area contributed by atoms with Crippen molar-refractivity contribution in [2.45, 2.75) is 0 Å². The summed E-state index contributed by atoms with van der Waals surface area (Å²) in [6, 6.07) is 6.65. The Balaban J connectivity index is 2.29. The van der Waals surface area contributed by atoms with Crippen LogP contribution in [-0.4, -0.2) is 17.1 Å². The highest BCUT2D eigenvalue weighted by molar-refractivity contribution is 6.34. The molecule has 22 heavy (non-hydrogen) atoms. The van der Waals surface area contributed by atoms with Crippen molar-refractivity contribution < 1.29 is 13.5 Å². The molecule has 4 nitrogen and oxygen atoms in total. The molecule has 0 amide bonds.